The molecule has 1 N–H and O–H groups in total. The van der Waals surface area contributed by atoms with Gasteiger partial charge in [0.1, 0.15) is 4.21 Å². The lowest BCUT2D eigenvalue weighted by Crippen LogP contribution is -2.04. The second-order valence-electron chi connectivity index (χ2n) is 3.79. The van der Waals surface area contributed by atoms with Crippen molar-refractivity contribution in [2.45, 2.75) is 10.4 Å². The molecule has 0 unspecified atom stereocenters. The van der Waals surface area contributed by atoms with Gasteiger partial charge in [0.25, 0.3) is 0 Å². The van der Waals surface area contributed by atoms with Gasteiger partial charge in [-0.3, -0.25) is 4.55 Å². The molecule has 108 valence electrons. The zero-order valence-electron chi connectivity index (χ0n) is 9.48. The summed E-state index contributed by atoms with van der Waals surface area (Å²) < 4.78 is 68.3. The van der Waals surface area contributed by atoms with E-state index in [2.05, 4.69) is 0 Å². The van der Waals surface area contributed by atoms with E-state index in [0.717, 1.165) is 24.3 Å². The van der Waals surface area contributed by atoms with Crippen molar-refractivity contribution in [2.24, 2.45) is 0 Å². The van der Waals surface area contributed by atoms with Crippen LogP contribution in [0.2, 0.25) is 5.02 Å². The summed E-state index contributed by atoms with van der Waals surface area (Å²) in [5.74, 6) is 0. The molecule has 0 aliphatic heterocycles. The third kappa shape index (κ3) is 3.14. The Kier molecular flexibility index (Phi) is 3.85. The van der Waals surface area contributed by atoms with E-state index in [1.165, 1.54) is 6.07 Å². The Bertz CT molecular complexity index is 751. The predicted octanol–water partition coefficient (Wildman–Crippen LogP) is 4.33. The van der Waals surface area contributed by atoms with Crippen molar-refractivity contribution in [1.82, 2.24) is 0 Å². The molecule has 0 fully saturated rings. The zero-order chi connectivity index (χ0) is 15.1. The third-order valence-electron chi connectivity index (χ3n) is 2.39. The first-order chi connectivity index (χ1) is 9.09. The molecule has 20 heavy (non-hydrogen) atoms. The van der Waals surface area contributed by atoms with Crippen LogP contribution in [-0.2, 0) is 16.3 Å². The van der Waals surface area contributed by atoms with Crippen LogP contribution in [0.5, 0.6) is 0 Å². The molecule has 0 spiro atoms. The second-order valence-corrected chi connectivity index (χ2v) is 6.93. The molecule has 9 heteroatoms. The van der Waals surface area contributed by atoms with Gasteiger partial charge in [0, 0.05) is 15.5 Å². The van der Waals surface area contributed by atoms with Gasteiger partial charge in [0.15, 0.2) is 0 Å². The van der Waals surface area contributed by atoms with Gasteiger partial charge in [-0.25, -0.2) is 0 Å². The highest BCUT2D eigenvalue weighted by molar-refractivity contribution is 7.88. The molecule has 1 heterocycles. The molecular formula is C11H6ClF3O3S2. The molecule has 0 aliphatic rings. The maximum atomic E-state index is 12.6. The van der Waals surface area contributed by atoms with Gasteiger partial charge in [-0.15, -0.1) is 11.3 Å². The molecule has 0 aliphatic carbocycles. The summed E-state index contributed by atoms with van der Waals surface area (Å²) in [5.41, 5.74) is -0.833. The van der Waals surface area contributed by atoms with Crippen molar-refractivity contribution in [2.75, 3.05) is 0 Å². The van der Waals surface area contributed by atoms with Gasteiger partial charge in [-0.2, -0.15) is 21.6 Å². The molecule has 0 atom stereocenters. The number of alkyl halides is 3. The Balaban J connectivity index is 2.55. The Morgan fingerprint density at radius 1 is 1.15 bits per heavy atom. The lowest BCUT2D eigenvalue weighted by Gasteiger charge is -2.09. The first-order valence-corrected chi connectivity index (χ1v) is 7.67. The molecule has 0 saturated heterocycles. The maximum absolute atomic E-state index is 12.6. The number of hydrogen-bond acceptors (Lipinski definition) is 3. The smallest absolute Gasteiger partial charge is 0.281 e. The predicted molar refractivity (Wildman–Crippen MR) is 69.6 cm³/mol. The van der Waals surface area contributed by atoms with E-state index in [1.807, 2.05) is 0 Å². The van der Waals surface area contributed by atoms with Crippen LogP contribution in [-0.4, -0.2) is 13.0 Å². The fourth-order valence-electron chi connectivity index (χ4n) is 1.49. The molecule has 2 rings (SSSR count). The van der Waals surface area contributed by atoms with Crippen LogP contribution < -0.4 is 0 Å². The normalized spacial score (nSPS) is 12.7. The van der Waals surface area contributed by atoms with E-state index in [-0.39, 0.29) is 19.7 Å². The van der Waals surface area contributed by atoms with Gasteiger partial charge in [-0.1, -0.05) is 11.6 Å². The van der Waals surface area contributed by atoms with Crippen LogP contribution in [0.4, 0.5) is 13.2 Å². The minimum Gasteiger partial charge on any atom is -0.281 e. The second kappa shape index (κ2) is 5.03. The van der Waals surface area contributed by atoms with E-state index >= 15 is 0 Å². The highest BCUT2D eigenvalue weighted by atomic mass is 35.5. The summed E-state index contributed by atoms with van der Waals surface area (Å²) in [6.07, 6.45) is -4.53. The van der Waals surface area contributed by atoms with Gasteiger partial charge < -0.3 is 0 Å². The summed E-state index contributed by atoms with van der Waals surface area (Å²) in [6.45, 7) is 0. The summed E-state index contributed by atoms with van der Waals surface area (Å²) >= 11 is 6.47. The first kappa shape index (κ1) is 15.3. The van der Waals surface area contributed by atoms with Gasteiger partial charge >= 0.3 is 16.3 Å². The Morgan fingerprint density at radius 3 is 2.30 bits per heavy atom. The Hall–Kier alpha value is -1.09. The number of thiophene rings is 1. The van der Waals surface area contributed by atoms with Gasteiger partial charge in [-0.05, 0) is 30.3 Å². The Morgan fingerprint density at radius 2 is 1.80 bits per heavy atom. The molecule has 0 saturated carbocycles. The highest BCUT2D eigenvalue weighted by Gasteiger charge is 2.31. The molecule has 0 bridgehead atoms. The fraction of sp³-hybridized carbons (Fsp3) is 0.0909. The van der Waals surface area contributed by atoms with E-state index in [1.54, 1.807) is 0 Å². The molecule has 1 aromatic carbocycles. The van der Waals surface area contributed by atoms with Crippen molar-refractivity contribution in [3.63, 3.8) is 0 Å². The summed E-state index contributed by atoms with van der Waals surface area (Å²) in [4.78, 5) is 0.216. The molecule has 0 amide bonds. The van der Waals surface area contributed by atoms with E-state index in [4.69, 9.17) is 16.2 Å². The first-order valence-electron chi connectivity index (χ1n) is 5.03. The van der Waals surface area contributed by atoms with Crippen LogP contribution in [0.25, 0.3) is 10.4 Å². The van der Waals surface area contributed by atoms with Crippen LogP contribution in [0.15, 0.2) is 34.5 Å². The van der Waals surface area contributed by atoms with Crippen molar-refractivity contribution >= 4 is 33.1 Å². The SMILES string of the molecule is O=S(=O)(O)c1ccc(-c2cc(C(F)(F)F)ccc2Cl)s1. The third-order valence-corrected chi connectivity index (χ3v) is 5.16. The average molecular weight is 343 g/mol. The van der Waals surface area contributed by atoms with Gasteiger partial charge in [0.2, 0.25) is 0 Å². The summed E-state index contributed by atoms with van der Waals surface area (Å²) in [7, 11) is -4.39. The van der Waals surface area contributed by atoms with Crippen molar-refractivity contribution in [3.05, 3.63) is 40.9 Å². The number of halogens is 4. The number of benzene rings is 1. The van der Waals surface area contributed by atoms with Crippen LogP contribution >= 0.6 is 22.9 Å². The largest absolute Gasteiger partial charge is 0.416 e. The number of hydrogen-bond donors (Lipinski definition) is 1. The van der Waals surface area contributed by atoms with E-state index < -0.39 is 21.9 Å². The van der Waals surface area contributed by atoms with E-state index in [0.29, 0.717) is 11.3 Å². The molecule has 1 aromatic heterocycles. The topological polar surface area (TPSA) is 54.4 Å². The molecule has 3 nitrogen and oxygen atoms in total. The lowest BCUT2D eigenvalue weighted by atomic mass is 10.1. The van der Waals surface area contributed by atoms with Crippen molar-refractivity contribution in [3.8, 4) is 10.4 Å². The molecule has 0 radical (unpaired) electrons. The molecular weight excluding hydrogens is 337 g/mol. The highest BCUT2D eigenvalue weighted by Crippen LogP contribution is 2.39. The lowest BCUT2D eigenvalue weighted by molar-refractivity contribution is -0.137. The Labute approximate surface area is 121 Å². The van der Waals surface area contributed by atoms with Crippen molar-refractivity contribution < 1.29 is 26.1 Å². The molecule has 2 aromatic rings. The standard InChI is InChI=1S/C11H6ClF3O3S2/c12-8-2-1-6(11(13,14)15)5-7(8)9-3-4-10(19-9)20(16,17)18/h1-5H,(H,16,17,18). The summed E-state index contributed by atoms with van der Waals surface area (Å²) in [5, 5.41) is 0.0572. The van der Waals surface area contributed by atoms with E-state index in [9.17, 15) is 21.6 Å². The minimum atomic E-state index is -4.53. The quantitative estimate of drug-likeness (QED) is 0.826. The minimum absolute atomic E-state index is 0.0568. The van der Waals surface area contributed by atoms with Crippen LogP contribution in [0.1, 0.15) is 5.56 Å². The van der Waals surface area contributed by atoms with Crippen LogP contribution in [0.3, 0.4) is 0 Å². The monoisotopic (exact) mass is 342 g/mol. The maximum Gasteiger partial charge on any atom is 0.416 e. The fourth-order valence-corrected chi connectivity index (χ4v) is 3.47. The average Bonchev–Trinajstić information content (AvgIpc) is 2.76. The zero-order valence-corrected chi connectivity index (χ0v) is 11.9. The number of rotatable bonds is 2. The van der Waals surface area contributed by atoms with Crippen LogP contribution in [0, 0.1) is 0 Å². The van der Waals surface area contributed by atoms with Crippen molar-refractivity contribution in [1.29, 1.82) is 0 Å². The summed E-state index contributed by atoms with van der Waals surface area (Å²) in [6, 6.07) is 5.15. The van der Waals surface area contributed by atoms with Gasteiger partial charge in [0.05, 0.1) is 5.56 Å².